The standard InChI is InChI=1S/C23H30N4O4S3/c1-4-25(5-2)14-15-26(23-24-21-18(31-3)10-6-11-19(21)33-23)22(28)17-9-7-13-27(17)34(29,30)20-12-8-16-32-20/h6,8,10-12,16-17H,4-5,7,9,13-15H2,1-3H3. The second-order valence-electron chi connectivity index (χ2n) is 8.03. The third-order valence-electron chi connectivity index (χ3n) is 6.17. The Morgan fingerprint density at radius 2 is 2.00 bits per heavy atom. The van der Waals surface area contributed by atoms with Gasteiger partial charge in [-0.3, -0.25) is 9.69 Å². The fraction of sp³-hybridized carbons (Fsp3) is 0.478. The minimum atomic E-state index is -3.72. The van der Waals surface area contributed by atoms with Crippen LogP contribution in [0.2, 0.25) is 0 Å². The predicted octanol–water partition coefficient (Wildman–Crippen LogP) is 3.89. The number of hydrogen-bond acceptors (Lipinski definition) is 8. The SMILES string of the molecule is CCN(CC)CCN(C(=O)C1CCCN1S(=O)(=O)c1cccs1)c1nc2c(OC)cccc2s1. The summed E-state index contributed by atoms with van der Waals surface area (Å²) < 4.78 is 34.6. The van der Waals surface area contributed by atoms with Gasteiger partial charge in [0.15, 0.2) is 5.13 Å². The van der Waals surface area contributed by atoms with E-state index in [4.69, 9.17) is 9.72 Å². The quantitative estimate of drug-likeness (QED) is 0.402. The Morgan fingerprint density at radius 3 is 2.68 bits per heavy atom. The van der Waals surface area contributed by atoms with Crippen molar-refractivity contribution in [2.75, 3.05) is 44.7 Å². The molecule has 0 N–H and O–H groups in total. The molecule has 0 bridgehead atoms. The van der Waals surface area contributed by atoms with Gasteiger partial charge in [-0.1, -0.05) is 37.3 Å². The van der Waals surface area contributed by atoms with Crippen molar-refractivity contribution < 1.29 is 17.9 Å². The molecule has 8 nitrogen and oxygen atoms in total. The van der Waals surface area contributed by atoms with E-state index in [1.54, 1.807) is 29.5 Å². The molecule has 3 aromatic rings. The van der Waals surface area contributed by atoms with Gasteiger partial charge in [0.1, 0.15) is 21.5 Å². The number of thiophene rings is 1. The summed E-state index contributed by atoms with van der Waals surface area (Å²) in [6.45, 7) is 7.37. The van der Waals surface area contributed by atoms with Crippen LogP contribution in [0.25, 0.3) is 10.2 Å². The Kier molecular flexibility index (Phi) is 7.88. The molecule has 1 aromatic carbocycles. The van der Waals surface area contributed by atoms with E-state index < -0.39 is 16.1 Å². The lowest BCUT2D eigenvalue weighted by Crippen LogP contribution is -2.49. The van der Waals surface area contributed by atoms with Crippen molar-refractivity contribution in [1.29, 1.82) is 0 Å². The van der Waals surface area contributed by atoms with Crippen LogP contribution in [0.15, 0.2) is 39.9 Å². The topological polar surface area (TPSA) is 83.0 Å². The zero-order valence-electron chi connectivity index (χ0n) is 19.6. The van der Waals surface area contributed by atoms with Gasteiger partial charge in [0.05, 0.1) is 11.8 Å². The van der Waals surface area contributed by atoms with Crippen molar-refractivity contribution in [2.24, 2.45) is 0 Å². The Balaban J connectivity index is 1.69. The van der Waals surface area contributed by atoms with E-state index >= 15 is 0 Å². The number of nitrogens with zero attached hydrogens (tertiary/aromatic N) is 4. The molecule has 0 spiro atoms. The molecule has 1 unspecified atom stereocenters. The maximum atomic E-state index is 13.9. The molecule has 1 aliphatic rings. The lowest BCUT2D eigenvalue weighted by molar-refractivity contribution is -0.121. The lowest BCUT2D eigenvalue weighted by atomic mass is 10.2. The molecule has 34 heavy (non-hydrogen) atoms. The largest absolute Gasteiger partial charge is 0.494 e. The van der Waals surface area contributed by atoms with Crippen molar-refractivity contribution >= 4 is 54.0 Å². The molecule has 0 radical (unpaired) electrons. The smallest absolute Gasteiger partial charge is 0.253 e. The predicted molar refractivity (Wildman–Crippen MR) is 138 cm³/mol. The Hall–Kier alpha value is -2.05. The number of amides is 1. The molecular weight excluding hydrogens is 492 g/mol. The summed E-state index contributed by atoms with van der Waals surface area (Å²) in [5.41, 5.74) is 0.708. The summed E-state index contributed by atoms with van der Waals surface area (Å²) in [5.74, 6) is 0.432. The minimum absolute atomic E-state index is 0.220. The first kappa shape index (κ1) is 25.1. The zero-order valence-corrected chi connectivity index (χ0v) is 22.1. The van der Waals surface area contributed by atoms with Crippen LogP contribution in [0.4, 0.5) is 5.13 Å². The second-order valence-corrected chi connectivity index (χ2v) is 12.1. The molecule has 1 amide bonds. The average molecular weight is 523 g/mol. The molecule has 11 heteroatoms. The third kappa shape index (κ3) is 4.85. The number of fused-ring (bicyclic) bond motifs is 1. The third-order valence-corrected chi connectivity index (χ3v) is 10.5. The van der Waals surface area contributed by atoms with Crippen molar-refractivity contribution in [2.45, 2.75) is 36.9 Å². The van der Waals surface area contributed by atoms with E-state index in [0.29, 0.717) is 48.9 Å². The number of hydrogen-bond donors (Lipinski definition) is 0. The molecule has 2 aromatic heterocycles. The maximum absolute atomic E-state index is 13.9. The molecule has 0 aliphatic carbocycles. The van der Waals surface area contributed by atoms with Gasteiger partial charge in [0.25, 0.3) is 10.0 Å². The number of para-hydroxylation sites is 1. The molecule has 1 saturated heterocycles. The van der Waals surface area contributed by atoms with Gasteiger partial charge < -0.3 is 9.64 Å². The summed E-state index contributed by atoms with van der Waals surface area (Å²) in [6.07, 6.45) is 1.15. The fourth-order valence-electron chi connectivity index (χ4n) is 4.25. The average Bonchev–Trinajstić information content (AvgIpc) is 3.61. The highest BCUT2D eigenvalue weighted by Crippen LogP contribution is 2.36. The van der Waals surface area contributed by atoms with Gasteiger partial charge in [0.2, 0.25) is 5.91 Å². The number of carbonyl (C=O) groups excluding carboxylic acids is 1. The minimum Gasteiger partial charge on any atom is -0.494 e. The van der Waals surface area contributed by atoms with E-state index in [2.05, 4.69) is 18.7 Å². The van der Waals surface area contributed by atoms with Crippen LogP contribution < -0.4 is 9.64 Å². The molecule has 4 rings (SSSR count). The van der Waals surface area contributed by atoms with Gasteiger partial charge in [-0.2, -0.15) is 4.31 Å². The molecule has 3 heterocycles. The van der Waals surface area contributed by atoms with Crippen LogP contribution in [0.1, 0.15) is 26.7 Å². The number of sulfonamides is 1. The summed E-state index contributed by atoms with van der Waals surface area (Å²) in [7, 11) is -2.12. The first-order valence-electron chi connectivity index (χ1n) is 11.4. The molecule has 1 atom stereocenters. The molecule has 0 saturated carbocycles. The lowest BCUT2D eigenvalue weighted by Gasteiger charge is -2.29. The highest BCUT2D eigenvalue weighted by molar-refractivity contribution is 7.91. The number of thiazole rings is 1. The van der Waals surface area contributed by atoms with Crippen LogP contribution >= 0.6 is 22.7 Å². The summed E-state index contributed by atoms with van der Waals surface area (Å²) >= 11 is 2.60. The normalized spacial score (nSPS) is 17.0. The fourth-order valence-corrected chi connectivity index (χ4v) is 8.04. The monoisotopic (exact) mass is 522 g/mol. The molecule has 1 fully saturated rings. The highest BCUT2D eigenvalue weighted by Gasteiger charge is 2.42. The van der Waals surface area contributed by atoms with Gasteiger partial charge >= 0.3 is 0 Å². The van der Waals surface area contributed by atoms with Gasteiger partial charge in [0, 0.05) is 19.6 Å². The van der Waals surface area contributed by atoms with Crippen molar-refractivity contribution in [3.8, 4) is 5.75 Å². The van der Waals surface area contributed by atoms with Crippen LogP contribution in [-0.2, 0) is 14.8 Å². The highest BCUT2D eigenvalue weighted by atomic mass is 32.2. The summed E-state index contributed by atoms with van der Waals surface area (Å²) in [6, 6.07) is 8.28. The Morgan fingerprint density at radius 1 is 1.21 bits per heavy atom. The van der Waals surface area contributed by atoms with Gasteiger partial charge in [-0.25, -0.2) is 13.4 Å². The molecular formula is C23H30N4O4S3. The number of rotatable bonds is 10. The number of carbonyl (C=O) groups is 1. The number of benzene rings is 1. The van der Waals surface area contributed by atoms with Crippen LogP contribution in [0, 0.1) is 0 Å². The number of aromatic nitrogens is 1. The van der Waals surface area contributed by atoms with E-state index in [1.165, 1.54) is 27.0 Å². The Bertz CT molecular complexity index is 1220. The van der Waals surface area contributed by atoms with Gasteiger partial charge in [-0.05, 0) is 49.5 Å². The van der Waals surface area contributed by atoms with Crippen LogP contribution in [0.3, 0.4) is 0 Å². The van der Waals surface area contributed by atoms with E-state index in [-0.39, 0.29) is 10.1 Å². The first-order chi connectivity index (χ1) is 16.4. The first-order valence-corrected chi connectivity index (χ1v) is 14.6. The number of anilines is 1. The second kappa shape index (κ2) is 10.7. The van der Waals surface area contributed by atoms with E-state index in [0.717, 1.165) is 17.8 Å². The Labute approximate surface area is 208 Å². The van der Waals surface area contributed by atoms with Crippen LogP contribution in [0.5, 0.6) is 5.75 Å². The van der Waals surface area contributed by atoms with Gasteiger partial charge in [-0.15, -0.1) is 11.3 Å². The number of ether oxygens (including phenoxy) is 1. The molecule has 184 valence electrons. The zero-order chi connectivity index (χ0) is 24.3. The van der Waals surface area contributed by atoms with Crippen molar-refractivity contribution in [1.82, 2.24) is 14.2 Å². The van der Waals surface area contributed by atoms with Crippen LogP contribution in [-0.4, -0.2) is 74.4 Å². The van der Waals surface area contributed by atoms with E-state index in [9.17, 15) is 13.2 Å². The maximum Gasteiger partial charge on any atom is 0.253 e. The van der Waals surface area contributed by atoms with Crippen molar-refractivity contribution in [3.05, 3.63) is 35.7 Å². The number of likely N-dealkylation sites (N-methyl/N-ethyl adjacent to an activating group) is 1. The number of methoxy groups -OCH3 is 1. The summed E-state index contributed by atoms with van der Waals surface area (Å²) in [5, 5.41) is 2.31. The molecule has 1 aliphatic heterocycles. The van der Waals surface area contributed by atoms with Crippen molar-refractivity contribution in [3.63, 3.8) is 0 Å². The summed E-state index contributed by atoms with van der Waals surface area (Å²) in [4.78, 5) is 22.6. The van der Waals surface area contributed by atoms with E-state index in [1.807, 2.05) is 18.2 Å².